The van der Waals surface area contributed by atoms with E-state index in [2.05, 4.69) is 33.7 Å². The fourth-order valence-corrected chi connectivity index (χ4v) is 1.92. The van der Waals surface area contributed by atoms with Crippen LogP contribution in [0.15, 0.2) is 30.6 Å². The van der Waals surface area contributed by atoms with E-state index in [1.165, 1.54) is 0 Å². The first kappa shape index (κ1) is 12.5. The van der Waals surface area contributed by atoms with Crippen LogP contribution < -0.4 is 4.90 Å². The highest BCUT2D eigenvalue weighted by molar-refractivity contribution is 5.61. The van der Waals surface area contributed by atoms with Crippen molar-refractivity contribution >= 4 is 5.82 Å². The number of hydrogen-bond donors (Lipinski definition) is 0. The van der Waals surface area contributed by atoms with Crippen LogP contribution in [0.2, 0.25) is 0 Å². The van der Waals surface area contributed by atoms with E-state index >= 15 is 0 Å². The van der Waals surface area contributed by atoms with Crippen LogP contribution in [0.5, 0.6) is 0 Å². The fourth-order valence-electron chi connectivity index (χ4n) is 1.92. The fraction of sp³-hybridized carbons (Fsp3) is 0.357. The van der Waals surface area contributed by atoms with Crippen LogP contribution in [0.1, 0.15) is 19.7 Å². The van der Waals surface area contributed by atoms with Crippen LogP contribution in [-0.4, -0.2) is 28.0 Å². The maximum absolute atomic E-state index is 4.50. The summed E-state index contributed by atoms with van der Waals surface area (Å²) in [4.78, 5) is 15.3. The second-order valence-corrected chi connectivity index (χ2v) is 4.07. The summed E-state index contributed by atoms with van der Waals surface area (Å²) in [7, 11) is 0. The molecule has 94 valence electrons. The number of nitrogens with zero attached hydrogens (tertiary/aromatic N) is 4. The van der Waals surface area contributed by atoms with Crippen LogP contribution in [-0.2, 0) is 0 Å². The molecule has 2 rings (SSSR count). The lowest BCUT2D eigenvalue weighted by Crippen LogP contribution is -2.23. The Bertz CT molecular complexity index is 506. The summed E-state index contributed by atoms with van der Waals surface area (Å²) in [5.41, 5.74) is 1.95. The van der Waals surface area contributed by atoms with Gasteiger partial charge in [-0.15, -0.1) is 0 Å². The molecule has 0 saturated heterocycles. The van der Waals surface area contributed by atoms with Gasteiger partial charge in [-0.05, 0) is 32.9 Å². The van der Waals surface area contributed by atoms with Gasteiger partial charge in [0.1, 0.15) is 11.6 Å². The lowest BCUT2D eigenvalue weighted by Gasteiger charge is -2.20. The minimum absolute atomic E-state index is 0.790. The predicted molar refractivity (Wildman–Crippen MR) is 73.6 cm³/mol. The number of rotatable bonds is 4. The molecule has 2 aromatic rings. The number of hydrogen-bond acceptors (Lipinski definition) is 4. The third-order valence-electron chi connectivity index (χ3n) is 2.87. The zero-order valence-electron chi connectivity index (χ0n) is 11.1. The first-order valence-corrected chi connectivity index (χ1v) is 6.25. The lowest BCUT2D eigenvalue weighted by atomic mass is 10.2. The number of pyridine rings is 1. The molecule has 0 radical (unpaired) electrons. The molecule has 0 aliphatic carbocycles. The summed E-state index contributed by atoms with van der Waals surface area (Å²) >= 11 is 0. The molecule has 0 bridgehead atoms. The monoisotopic (exact) mass is 242 g/mol. The van der Waals surface area contributed by atoms with Crippen molar-refractivity contribution in [2.24, 2.45) is 0 Å². The van der Waals surface area contributed by atoms with Crippen molar-refractivity contribution in [1.82, 2.24) is 15.0 Å². The zero-order valence-corrected chi connectivity index (χ0v) is 11.1. The predicted octanol–water partition coefficient (Wildman–Crippen LogP) is 2.69. The van der Waals surface area contributed by atoms with E-state index in [1.807, 2.05) is 31.3 Å². The van der Waals surface area contributed by atoms with Gasteiger partial charge in [0, 0.05) is 37.1 Å². The molecule has 4 nitrogen and oxygen atoms in total. The quantitative estimate of drug-likeness (QED) is 0.826. The topological polar surface area (TPSA) is 41.9 Å². The van der Waals surface area contributed by atoms with Crippen molar-refractivity contribution in [2.45, 2.75) is 20.8 Å². The molecule has 0 unspecified atom stereocenters. The SMILES string of the molecule is CCN(CC)c1cc(-c2cccnc2)nc(C)n1. The number of anilines is 1. The maximum atomic E-state index is 4.50. The van der Waals surface area contributed by atoms with E-state index in [0.717, 1.165) is 36.0 Å². The van der Waals surface area contributed by atoms with E-state index in [4.69, 9.17) is 0 Å². The minimum atomic E-state index is 0.790. The first-order valence-electron chi connectivity index (χ1n) is 6.25. The molecular weight excluding hydrogens is 224 g/mol. The highest BCUT2D eigenvalue weighted by Gasteiger charge is 2.08. The molecule has 0 atom stereocenters. The third-order valence-corrected chi connectivity index (χ3v) is 2.87. The van der Waals surface area contributed by atoms with Crippen molar-refractivity contribution in [3.63, 3.8) is 0 Å². The van der Waals surface area contributed by atoms with Crippen LogP contribution in [0.4, 0.5) is 5.82 Å². The summed E-state index contributed by atoms with van der Waals surface area (Å²) in [5, 5.41) is 0. The van der Waals surface area contributed by atoms with Crippen LogP contribution in [0, 0.1) is 6.92 Å². The Balaban J connectivity index is 2.44. The molecule has 0 amide bonds. The Morgan fingerprint density at radius 2 is 1.94 bits per heavy atom. The molecular formula is C14H18N4. The maximum Gasteiger partial charge on any atom is 0.132 e. The number of aryl methyl sites for hydroxylation is 1. The van der Waals surface area contributed by atoms with Gasteiger partial charge in [-0.25, -0.2) is 9.97 Å². The standard InChI is InChI=1S/C14H18N4/c1-4-18(5-2)14-9-13(16-11(3)17-14)12-7-6-8-15-10-12/h6-10H,4-5H2,1-3H3. The van der Waals surface area contributed by atoms with E-state index in [0.29, 0.717) is 0 Å². The zero-order chi connectivity index (χ0) is 13.0. The molecule has 0 aliphatic rings. The Morgan fingerprint density at radius 3 is 2.56 bits per heavy atom. The summed E-state index contributed by atoms with van der Waals surface area (Å²) in [6.45, 7) is 8.07. The van der Waals surface area contributed by atoms with Gasteiger partial charge >= 0.3 is 0 Å². The molecule has 0 saturated carbocycles. The first-order chi connectivity index (χ1) is 8.74. The Hall–Kier alpha value is -1.97. The van der Waals surface area contributed by atoms with Gasteiger partial charge in [0.2, 0.25) is 0 Å². The molecule has 0 aromatic carbocycles. The van der Waals surface area contributed by atoms with E-state index < -0.39 is 0 Å². The van der Waals surface area contributed by atoms with Gasteiger partial charge in [-0.2, -0.15) is 0 Å². The van der Waals surface area contributed by atoms with E-state index in [-0.39, 0.29) is 0 Å². The highest BCUT2D eigenvalue weighted by atomic mass is 15.2. The summed E-state index contributed by atoms with van der Waals surface area (Å²) in [6, 6.07) is 5.96. The normalized spacial score (nSPS) is 10.4. The van der Waals surface area contributed by atoms with Crippen molar-refractivity contribution in [3.8, 4) is 11.3 Å². The highest BCUT2D eigenvalue weighted by Crippen LogP contribution is 2.20. The Labute approximate surface area is 108 Å². The summed E-state index contributed by atoms with van der Waals surface area (Å²) < 4.78 is 0. The summed E-state index contributed by atoms with van der Waals surface area (Å²) in [5.74, 6) is 1.77. The average Bonchev–Trinajstić information content (AvgIpc) is 2.40. The van der Waals surface area contributed by atoms with E-state index in [1.54, 1.807) is 6.20 Å². The molecule has 2 aromatic heterocycles. The summed E-state index contributed by atoms with van der Waals surface area (Å²) in [6.07, 6.45) is 3.59. The van der Waals surface area contributed by atoms with Crippen LogP contribution in [0.25, 0.3) is 11.3 Å². The van der Waals surface area contributed by atoms with Crippen molar-refractivity contribution in [1.29, 1.82) is 0 Å². The van der Waals surface area contributed by atoms with Crippen LogP contribution >= 0.6 is 0 Å². The smallest absolute Gasteiger partial charge is 0.132 e. The van der Waals surface area contributed by atoms with Crippen LogP contribution in [0.3, 0.4) is 0 Å². The van der Waals surface area contributed by atoms with Gasteiger partial charge < -0.3 is 4.90 Å². The second kappa shape index (κ2) is 5.58. The molecule has 0 aliphatic heterocycles. The van der Waals surface area contributed by atoms with E-state index in [9.17, 15) is 0 Å². The van der Waals surface area contributed by atoms with Crippen molar-refractivity contribution in [3.05, 3.63) is 36.4 Å². The average molecular weight is 242 g/mol. The molecule has 0 N–H and O–H groups in total. The molecule has 0 spiro atoms. The van der Waals surface area contributed by atoms with Crippen molar-refractivity contribution in [2.75, 3.05) is 18.0 Å². The Morgan fingerprint density at radius 1 is 1.17 bits per heavy atom. The van der Waals surface area contributed by atoms with Gasteiger partial charge in [-0.1, -0.05) is 0 Å². The van der Waals surface area contributed by atoms with Gasteiger partial charge in [0.15, 0.2) is 0 Å². The molecule has 2 heterocycles. The molecule has 18 heavy (non-hydrogen) atoms. The molecule has 4 heteroatoms. The second-order valence-electron chi connectivity index (χ2n) is 4.07. The third kappa shape index (κ3) is 2.64. The Kier molecular flexibility index (Phi) is 3.87. The largest absolute Gasteiger partial charge is 0.357 e. The van der Waals surface area contributed by atoms with Gasteiger partial charge in [-0.3, -0.25) is 4.98 Å². The van der Waals surface area contributed by atoms with Gasteiger partial charge in [0.05, 0.1) is 5.69 Å². The van der Waals surface area contributed by atoms with Gasteiger partial charge in [0.25, 0.3) is 0 Å². The lowest BCUT2D eigenvalue weighted by molar-refractivity contribution is 0.835. The van der Waals surface area contributed by atoms with Crippen molar-refractivity contribution < 1.29 is 0 Å². The molecule has 0 fully saturated rings. The number of aromatic nitrogens is 3. The minimum Gasteiger partial charge on any atom is -0.357 e.